The number of halogens is 1. The predicted molar refractivity (Wildman–Crippen MR) is 101 cm³/mol. The summed E-state index contributed by atoms with van der Waals surface area (Å²) in [6.45, 7) is 0.749. The number of rotatable bonds is 5. The summed E-state index contributed by atoms with van der Waals surface area (Å²) < 4.78 is 15.7. The van der Waals surface area contributed by atoms with Crippen LogP contribution in [0, 0.1) is 11.7 Å². The van der Waals surface area contributed by atoms with Crippen molar-refractivity contribution in [2.45, 2.75) is 13.0 Å². The molecule has 7 nitrogen and oxygen atoms in total. The van der Waals surface area contributed by atoms with E-state index >= 15 is 0 Å². The van der Waals surface area contributed by atoms with Gasteiger partial charge in [-0.2, -0.15) is 5.10 Å². The number of benzene rings is 2. The monoisotopic (exact) mass is 379 g/mol. The van der Waals surface area contributed by atoms with Crippen LogP contribution in [0.15, 0.2) is 61.2 Å². The maximum Gasteiger partial charge on any atom is 0.229 e. The van der Waals surface area contributed by atoms with E-state index in [0.717, 1.165) is 5.56 Å². The number of nitrogens with zero attached hydrogens (tertiary/aromatic N) is 4. The van der Waals surface area contributed by atoms with Crippen molar-refractivity contribution in [3.63, 3.8) is 0 Å². The first-order valence-electron chi connectivity index (χ1n) is 8.87. The molecule has 142 valence electrons. The zero-order chi connectivity index (χ0) is 19.5. The molecule has 4 rings (SSSR count). The van der Waals surface area contributed by atoms with Crippen molar-refractivity contribution < 1.29 is 14.0 Å². The summed E-state index contributed by atoms with van der Waals surface area (Å²) >= 11 is 0. The maximum atomic E-state index is 14.0. The standard InChI is InChI=1S/C20H18FN5O2/c21-17-3-1-2-4-18(17)26-11-15(9-19(26)27)20(28)24-16-7-5-14(6-8-16)10-25-13-22-12-23-25/h1-8,12-13,15H,9-11H2,(H,24,28). The van der Waals surface area contributed by atoms with E-state index in [1.807, 2.05) is 12.1 Å². The van der Waals surface area contributed by atoms with Crippen molar-refractivity contribution in [2.75, 3.05) is 16.8 Å². The molecule has 8 heteroatoms. The average Bonchev–Trinajstić information content (AvgIpc) is 3.33. The summed E-state index contributed by atoms with van der Waals surface area (Å²) in [5.74, 6) is -1.51. The fraction of sp³-hybridized carbons (Fsp3) is 0.200. The molecule has 1 aliphatic heterocycles. The third-order valence-corrected chi connectivity index (χ3v) is 4.67. The lowest BCUT2D eigenvalue weighted by Crippen LogP contribution is -2.28. The molecule has 0 aliphatic carbocycles. The molecular formula is C20H18FN5O2. The number of carbonyl (C=O) groups excluding carboxylic acids is 2. The lowest BCUT2D eigenvalue weighted by atomic mass is 10.1. The third kappa shape index (κ3) is 3.75. The minimum Gasteiger partial charge on any atom is -0.326 e. The van der Waals surface area contributed by atoms with Crippen LogP contribution in [0.5, 0.6) is 0 Å². The van der Waals surface area contributed by atoms with Gasteiger partial charge in [0.2, 0.25) is 11.8 Å². The molecule has 28 heavy (non-hydrogen) atoms. The normalized spacial score (nSPS) is 16.4. The van der Waals surface area contributed by atoms with E-state index in [0.29, 0.717) is 12.2 Å². The van der Waals surface area contributed by atoms with Crippen molar-refractivity contribution in [3.05, 3.63) is 72.6 Å². The Labute approximate surface area is 160 Å². The number of aromatic nitrogens is 3. The second kappa shape index (κ2) is 7.59. The van der Waals surface area contributed by atoms with Gasteiger partial charge < -0.3 is 10.2 Å². The number of anilines is 2. The van der Waals surface area contributed by atoms with Crippen molar-refractivity contribution >= 4 is 23.2 Å². The highest BCUT2D eigenvalue weighted by Gasteiger charge is 2.36. The van der Waals surface area contributed by atoms with Gasteiger partial charge in [0.25, 0.3) is 0 Å². The third-order valence-electron chi connectivity index (χ3n) is 4.67. The van der Waals surface area contributed by atoms with Crippen LogP contribution in [-0.2, 0) is 16.1 Å². The van der Waals surface area contributed by atoms with Crippen molar-refractivity contribution in [3.8, 4) is 0 Å². The minimum absolute atomic E-state index is 0.0601. The van der Waals surface area contributed by atoms with E-state index in [1.54, 1.807) is 41.3 Å². The summed E-state index contributed by atoms with van der Waals surface area (Å²) in [6, 6.07) is 13.5. The van der Waals surface area contributed by atoms with Gasteiger partial charge in [0.05, 0.1) is 18.2 Å². The Morgan fingerprint density at radius 2 is 1.96 bits per heavy atom. The smallest absolute Gasteiger partial charge is 0.229 e. The van der Waals surface area contributed by atoms with Gasteiger partial charge in [-0.1, -0.05) is 24.3 Å². The highest BCUT2D eigenvalue weighted by Crippen LogP contribution is 2.28. The van der Waals surface area contributed by atoms with Gasteiger partial charge in [0.15, 0.2) is 0 Å². The fourth-order valence-corrected chi connectivity index (χ4v) is 3.23. The Morgan fingerprint density at radius 3 is 2.68 bits per heavy atom. The molecule has 0 spiro atoms. The van der Waals surface area contributed by atoms with Crippen LogP contribution in [-0.4, -0.2) is 33.1 Å². The van der Waals surface area contributed by atoms with Gasteiger partial charge in [-0.05, 0) is 29.8 Å². The first-order chi connectivity index (χ1) is 13.6. The topological polar surface area (TPSA) is 80.1 Å². The molecule has 1 unspecified atom stereocenters. The number of hydrogen-bond acceptors (Lipinski definition) is 4. The maximum absolute atomic E-state index is 14.0. The van der Waals surface area contributed by atoms with E-state index in [1.165, 1.54) is 17.3 Å². The SMILES string of the molecule is O=C(Nc1ccc(Cn2cncn2)cc1)C1CC(=O)N(c2ccccc2F)C1. The molecule has 2 amide bonds. The number of nitrogens with one attached hydrogen (secondary N) is 1. The van der Waals surface area contributed by atoms with E-state index in [2.05, 4.69) is 15.4 Å². The van der Waals surface area contributed by atoms with Crippen LogP contribution in [0.2, 0.25) is 0 Å². The molecular weight excluding hydrogens is 361 g/mol. The highest BCUT2D eigenvalue weighted by atomic mass is 19.1. The Bertz CT molecular complexity index is 988. The van der Waals surface area contributed by atoms with Gasteiger partial charge >= 0.3 is 0 Å². The Balaban J connectivity index is 1.39. The van der Waals surface area contributed by atoms with Crippen LogP contribution in [0.4, 0.5) is 15.8 Å². The number of hydrogen-bond donors (Lipinski definition) is 1. The quantitative estimate of drug-likeness (QED) is 0.739. The van der Waals surface area contributed by atoms with Crippen LogP contribution in [0.1, 0.15) is 12.0 Å². The van der Waals surface area contributed by atoms with Crippen LogP contribution >= 0.6 is 0 Å². The summed E-state index contributed by atoms with van der Waals surface area (Å²) in [6.07, 6.45) is 3.17. The molecule has 2 aromatic carbocycles. The predicted octanol–water partition coefficient (Wildman–Crippen LogP) is 2.46. The number of amides is 2. The zero-order valence-electron chi connectivity index (χ0n) is 15.0. The van der Waals surface area contributed by atoms with Crippen LogP contribution < -0.4 is 10.2 Å². The lowest BCUT2D eigenvalue weighted by Gasteiger charge is -2.17. The van der Waals surface area contributed by atoms with Gasteiger partial charge in [0, 0.05) is 18.7 Å². The van der Waals surface area contributed by atoms with E-state index < -0.39 is 11.7 Å². The molecule has 0 radical (unpaired) electrons. The van der Waals surface area contributed by atoms with Gasteiger partial charge in [-0.15, -0.1) is 0 Å². The second-order valence-corrected chi connectivity index (χ2v) is 6.64. The Hall–Kier alpha value is -3.55. The largest absolute Gasteiger partial charge is 0.326 e. The van der Waals surface area contributed by atoms with Crippen molar-refractivity contribution in [1.82, 2.24) is 14.8 Å². The molecule has 1 aromatic heterocycles. The number of carbonyl (C=O) groups is 2. The van der Waals surface area contributed by atoms with E-state index in [-0.39, 0.29) is 30.5 Å². The van der Waals surface area contributed by atoms with E-state index in [4.69, 9.17) is 0 Å². The lowest BCUT2D eigenvalue weighted by molar-refractivity contribution is -0.122. The Morgan fingerprint density at radius 1 is 1.18 bits per heavy atom. The first-order valence-corrected chi connectivity index (χ1v) is 8.87. The molecule has 1 aliphatic rings. The highest BCUT2D eigenvalue weighted by molar-refractivity contribution is 6.03. The van der Waals surface area contributed by atoms with E-state index in [9.17, 15) is 14.0 Å². The molecule has 1 N–H and O–H groups in total. The molecule has 1 saturated heterocycles. The first kappa shape index (κ1) is 17.8. The molecule has 0 saturated carbocycles. The average molecular weight is 379 g/mol. The summed E-state index contributed by atoms with van der Waals surface area (Å²) in [5, 5.41) is 6.88. The van der Waals surface area contributed by atoms with Gasteiger partial charge in [-0.3, -0.25) is 9.59 Å². The van der Waals surface area contributed by atoms with Crippen LogP contribution in [0.3, 0.4) is 0 Å². The zero-order valence-corrected chi connectivity index (χ0v) is 15.0. The summed E-state index contributed by atoms with van der Waals surface area (Å²) in [5.41, 5.74) is 1.87. The van der Waals surface area contributed by atoms with Crippen molar-refractivity contribution in [2.24, 2.45) is 5.92 Å². The summed E-state index contributed by atoms with van der Waals surface area (Å²) in [7, 11) is 0. The van der Waals surface area contributed by atoms with Gasteiger partial charge in [-0.25, -0.2) is 14.1 Å². The van der Waals surface area contributed by atoms with Crippen LogP contribution in [0.25, 0.3) is 0 Å². The fourth-order valence-electron chi connectivity index (χ4n) is 3.23. The molecule has 3 aromatic rings. The molecule has 0 bridgehead atoms. The second-order valence-electron chi connectivity index (χ2n) is 6.64. The van der Waals surface area contributed by atoms with Crippen molar-refractivity contribution in [1.29, 1.82) is 0 Å². The molecule has 1 atom stereocenters. The molecule has 2 heterocycles. The van der Waals surface area contributed by atoms with Gasteiger partial charge in [0.1, 0.15) is 18.5 Å². The Kier molecular flexibility index (Phi) is 4.84. The summed E-state index contributed by atoms with van der Waals surface area (Å²) in [4.78, 5) is 30.0. The minimum atomic E-state index is -0.526. The number of para-hydroxylation sites is 1. The molecule has 1 fully saturated rings.